The van der Waals surface area contributed by atoms with Crippen molar-refractivity contribution in [2.24, 2.45) is 0 Å². The molecule has 0 aliphatic carbocycles. The van der Waals surface area contributed by atoms with E-state index >= 15 is 0 Å². The Balaban J connectivity index is 3.81. The second kappa shape index (κ2) is 9.33. The minimum Gasteiger partial charge on any atom is -0.481 e. The predicted molar refractivity (Wildman–Crippen MR) is 70.2 cm³/mol. The lowest BCUT2D eigenvalue weighted by Crippen LogP contribution is -2.23. The van der Waals surface area contributed by atoms with Gasteiger partial charge in [-0.05, 0) is 6.42 Å². The van der Waals surface area contributed by atoms with Crippen LogP contribution in [0.5, 0.6) is 0 Å². The van der Waals surface area contributed by atoms with Crippen LogP contribution in [0.4, 0.5) is 0 Å². The van der Waals surface area contributed by atoms with Crippen LogP contribution < -0.4 is 0 Å². The molecule has 0 rings (SSSR count). The zero-order chi connectivity index (χ0) is 14.0. The van der Waals surface area contributed by atoms with Crippen molar-refractivity contribution in [3.63, 3.8) is 0 Å². The second-order valence-corrected chi connectivity index (χ2v) is 6.34. The first kappa shape index (κ1) is 17.4. The maximum Gasteiger partial charge on any atom is 0.304 e. The lowest BCUT2D eigenvalue weighted by molar-refractivity contribution is -0.137. The molecule has 0 radical (unpaired) electrons. The summed E-state index contributed by atoms with van der Waals surface area (Å²) in [6.45, 7) is 2.14. The van der Waals surface area contributed by atoms with Crippen LogP contribution in [0.25, 0.3) is 0 Å². The fourth-order valence-corrected chi connectivity index (χ4v) is 2.70. The van der Waals surface area contributed by atoms with Gasteiger partial charge in [0.25, 0.3) is 10.1 Å². The van der Waals surface area contributed by atoms with Crippen molar-refractivity contribution in [2.75, 3.05) is 0 Å². The summed E-state index contributed by atoms with van der Waals surface area (Å²) in [6, 6.07) is 0. The first-order valence-corrected chi connectivity index (χ1v) is 8.06. The van der Waals surface area contributed by atoms with E-state index in [1.54, 1.807) is 0 Å². The number of carboxylic acids is 1. The smallest absolute Gasteiger partial charge is 0.304 e. The molecule has 1 unspecified atom stereocenters. The van der Waals surface area contributed by atoms with E-state index in [-0.39, 0.29) is 6.42 Å². The molecule has 5 nitrogen and oxygen atoms in total. The van der Waals surface area contributed by atoms with Gasteiger partial charge in [-0.1, -0.05) is 51.9 Å². The third-order valence-electron chi connectivity index (χ3n) is 2.95. The van der Waals surface area contributed by atoms with Gasteiger partial charge in [0.2, 0.25) is 0 Å². The van der Waals surface area contributed by atoms with E-state index in [1.165, 1.54) is 19.3 Å². The molecule has 1 atom stereocenters. The Hall–Kier alpha value is -0.620. The van der Waals surface area contributed by atoms with Crippen molar-refractivity contribution < 1.29 is 22.9 Å². The zero-order valence-corrected chi connectivity index (χ0v) is 11.8. The summed E-state index contributed by atoms with van der Waals surface area (Å²) in [5.41, 5.74) is 0. The van der Waals surface area contributed by atoms with Gasteiger partial charge in [0.05, 0.1) is 11.7 Å². The topological polar surface area (TPSA) is 91.7 Å². The number of aliphatic carboxylic acids is 1. The number of carbonyl (C=O) groups is 1. The molecular formula is C12H24O5S. The van der Waals surface area contributed by atoms with Crippen molar-refractivity contribution in [2.45, 2.75) is 70.0 Å². The number of rotatable bonds is 11. The Morgan fingerprint density at radius 1 is 1.06 bits per heavy atom. The Labute approximate surface area is 109 Å². The van der Waals surface area contributed by atoms with Crippen LogP contribution in [-0.4, -0.2) is 29.3 Å². The summed E-state index contributed by atoms with van der Waals surface area (Å²) in [5.74, 6) is -1.19. The molecule has 108 valence electrons. The molecule has 0 saturated heterocycles. The van der Waals surface area contributed by atoms with Gasteiger partial charge >= 0.3 is 5.97 Å². The summed E-state index contributed by atoms with van der Waals surface area (Å²) in [6.07, 6.45) is 6.98. The minimum atomic E-state index is -4.24. The molecule has 0 spiro atoms. The molecule has 0 aromatic heterocycles. The van der Waals surface area contributed by atoms with Crippen molar-refractivity contribution >= 4 is 16.1 Å². The molecule has 6 heteroatoms. The van der Waals surface area contributed by atoms with E-state index in [2.05, 4.69) is 6.92 Å². The Morgan fingerprint density at radius 3 is 2.00 bits per heavy atom. The van der Waals surface area contributed by atoms with E-state index in [0.717, 1.165) is 19.3 Å². The van der Waals surface area contributed by atoms with Crippen molar-refractivity contribution in [1.29, 1.82) is 0 Å². The maximum absolute atomic E-state index is 11.0. The van der Waals surface area contributed by atoms with Gasteiger partial charge in [-0.3, -0.25) is 9.35 Å². The lowest BCUT2D eigenvalue weighted by Gasteiger charge is -2.11. The molecule has 0 fully saturated rings. The average molecular weight is 280 g/mol. The van der Waals surface area contributed by atoms with Crippen LogP contribution in [0.3, 0.4) is 0 Å². The van der Waals surface area contributed by atoms with Gasteiger partial charge in [0.15, 0.2) is 0 Å². The molecule has 0 aromatic rings. The van der Waals surface area contributed by atoms with Gasteiger partial charge in [0, 0.05) is 0 Å². The molecule has 0 aliphatic rings. The third-order valence-corrected chi connectivity index (χ3v) is 4.20. The molecule has 18 heavy (non-hydrogen) atoms. The first-order chi connectivity index (χ1) is 8.38. The van der Waals surface area contributed by atoms with E-state index in [0.29, 0.717) is 6.42 Å². The van der Waals surface area contributed by atoms with Crippen LogP contribution in [0.2, 0.25) is 0 Å². The molecule has 0 aliphatic heterocycles. The molecule has 0 aromatic carbocycles. The summed E-state index contributed by atoms with van der Waals surface area (Å²) < 4.78 is 30.8. The van der Waals surface area contributed by atoms with Crippen molar-refractivity contribution in [3.8, 4) is 0 Å². The van der Waals surface area contributed by atoms with Crippen LogP contribution in [0, 0.1) is 0 Å². The van der Waals surface area contributed by atoms with Gasteiger partial charge in [-0.15, -0.1) is 0 Å². The van der Waals surface area contributed by atoms with Crippen molar-refractivity contribution in [1.82, 2.24) is 0 Å². The van der Waals surface area contributed by atoms with Gasteiger partial charge < -0.3 is 5.11 Å². The zero-order valence-electron chi connectivity index (χ0n) is 11.0. The molecule has 0 amide bonds. The normalized spacial score (nSPS) is 13.4. The highest BCUT2D eigenvalue weighted by atomic mass is 32.2. The molecule has 2 N–H and O–H groups in total. The van der Waals surface area contributed by atoms with E-state index in [4.69, 9.17) is 9.66 Å². The third kappa shape index (κ3) is 9.41. The fraction of sp³-hybridized carbons (Fsp3) is 0.917. The Morgan fingerprint density at radius 2 is 1.56 bits per heavy atom. The van der Waals surface area contributed by atoms with E-state index in [9.17, 15) is 13.2 Å². The van der Waals surface area contributed by atoms with Gasteiger partial charge in [-0.2, -0.15) is 8.42 Å². The van der Waals surface area contributed by atoms with Crippen LogP contribution in [-0.2, 0) is 14.9 Å². The quantitative estimate of drug-likeness (QED) is 0.448. The summed E-state index contributed by atoms with van der Waals surface area (Å²) >= 11 is 0. The number of hydrogen-bond donors (Lipinski definition) is 2. The van der Waals surface area contributed by atoms with Crippen LogP contribution >= 0.6 is 0 Å². The molecular weight excluding hydrogens is 256 g/mol. The monoisotopic (exact) mass is 280 g/mol. The second-order valence-electron chi connectivity index (χ2n) is 4.64. The maximum atomic E-state index is 11.0. The largest absolute Gasteiger partial charge is 0.481 e. The standard InChI is InChI=1S/C12H24O5S/c1-2-3-4-5-6-7-8-9-11(10-12(13)14)18(15,16)17/h11H,2-10H2,1H3,(H,13,14)(H,15,16,17). The minimum absolute atomic E-state index is 0.221. The SMILES string of the molecule is CCCCCCCCCC(CC(=O)O)S(=O)(=O)O. The highest BCUT2D eigenvalue weighted by Crippen LogP contribution is 2.15. The molecule has 0 heterocycles. The Bertz CT molecular complexity index is 323. The van der Waals surface area contributed by atoms with Gasteiger partial charge in [-0.25, -0.2) is 0 Å². The Kier molecular flexibility index (Phi) is 9.01. The summed E-state index contributed by atoms with van der Waals surface area (Å²) in [7, 11) is -4.24. The molecule has 0 bridgehead atoms. The van der Waals surface area contributed by atoms with E-state index < -0.39 is 27.8 Å². The first-order valence-electron chi connectivity index (χ1n) is 6.56. The highest BCUT2D eigenvalue weighted by Gasteiger charge is 2.25. The number of unbranched alkanes of at least 4 members (excludes halogenated alkanes) is 6. The lowest BCUT2D eigenvalue weighted by atomic mass is 10.1. The summed E-state index contributed by atoms with van der Waals surface area (Å²) in [5, 5.41) is 7.41. The molecule has 0 saturated carbocycles. The number of hydrogen-bond acceptors (Lipinski definition) is 3. The van der Waals surface area contributed by atoms with E-state index in [1.807, 2.05) is 0 Å². The average Bonchev–Trinajstić information content (AvgIpc) is 2.24. The van der Waals surface area contributed by atoms with Crippen LogP contribution in [0.15, 0.2) is 0 Å². The predicted octanol–water partition coefficient (Wildman–Crippen LogP) is 2.86. The van der Waals surface area contributed by atoms with Gasteiger partial charge in [0.1, 0.15) is 0 Å². The van der Waals surface area contributed by atoms with Crippen molar-refractivity contribution in [3.05, 3.63) is 0 Å². The van der Waals surface area contributed by atoms with Crippen LogP contribution in [0.1, 0.15) is 64.7 Å². The fourth-order valence-electron chi connectivity index (χ4n) is 1.88. The summed E-state index contributed by atoms with van der Waals surface area (Å²) in [4.78, 5) is 10.5. The number of carboxylic acid groups (broad SMARTS) is 1. The highest BCUT2D eigenvalue weighted by molar-refractivity contribution is 7.86.